The number of anilines is 2. The third-order valence-corrected chi connectivity index (χ3v) is 6.13. The minimum atomic E-state index is -2.88. The van der Waals surface area contributed by atoms with Gasteiger partial charge in [-0.1, -0.05) is 11.6 Å². The van der Waals surface area contributed by atoms with E-state index in [0.717, 1.165) is 43.9 Å². The quantitative estimate of drug-likeness (QED) is 0.367. The molecule has 2 aromatic carbocycles. The Labute approximate surface area is 164 Å². The van der Waals surface area contributed by atoms with Crippen LogP contribution in [0.4, 0.5) is 16.4 Å². The van der Waals surface area contributed by atoms with Crippen LogP contribution in [-0.2, 0) is 11.3 Å². The highest BCUT2D eigenvalue weighted by atomic mass is 35.5. The van der Waals surface area contributed by atoms with Gasteiger partial charge >= 0.3 is 5.97 Å². The highest BCUT2D eigenvalue weighted by Crippen LogP contribution is 2.44. The lowest BCUT2D eigenvalue weighted by Gasteiger charge is -2.25. The average molecular weight is 426 g/mol. The number of nitro groups is 1. The zero-order valence-corrected chi connectivity index (χ0v) is 15.9. The van der Waals surface area contributed by atoms with Crippen molar-refractivity contribution in [2.45, 2.75) is 6.92 Å². The molecule has 8 nitrogen and oxygen atoms in total. The zero-order valence-electron chi connectivity index (χ0n) is 13.5. The van der Waals surface area contributed by atoms with Crippen LogP contribution in [0.15, 0.2) is 36.4 Å². The van der Waals surface area contributed by atoms with E-state index in [9.17, 15) is 23.7 Å². The predicted molar refractivity (Wildman–Crippen MR) is 103 cm³/mol. The Balaban J connectivity index is 2.26. The third-order valence-electron chi connectivity index (χ3n) is 3.84. The first-order chi connectivity index (χ1) is 12.7. The normalized spacial score (nSPS) is 12.1. The van der Waals surface area contributed by atoms with E-state index < -0.39 is 27.8 Å². The van der Waals surface area contributed by atoms with E-state index in [2.05, 4.69) is 0 Å². The van der Waals surface area contributed by atoms with Crippen molar-refractivity contribution in [2.75, 3.05) is 4.31 Å². The van der Waals surface area contributed by atoms with E-state index in [1.54, 1.807) is 25.1 Å². The molecule has 140 valence electrons. The summed E-state index contributed by atoms with van der Waals surface area (Å²) in [6.07, 6.45) is 0. The van der Waals surface area contributed by atoms with Crippen LogP contribution in [0.1, 0.15) is 15.9 Å². The molecule has 1 N–H and O–H groups in total. The molecule has 3 rings (SSSR count). The van der Waals surface area contributed by atoms with Gasteiger partial charge in [-0.25, -0.2) is 4.79 Å². The molecule has 1 aromatic heterocycles. The molecule has 11 heteroatoms. The van der Waals surface area contributed by atoms with Crippen LogP contribution in [0, 0.1) is 17.0 Å². The lowest BCUT2D eigenvalue weighted by Crippen LogP contribution is -2.20. The van der Waals surface area contributed by atoms with Gasteiger partial charge in [0, 0.05) is 15.8 Å². The molecule has 1 atom stereocenters. The standard InChI is InChI=1S/C16H11ClN2O6S2/c1-8-11-7-10(17)3-5-14(11)26-15(8)18(27(24)25)12-4-2-9(16(20)21)6-13(12)19(22)23/h2-7H,1H3,(H,20,21)(H,24,25)/p-1. The largest absolute Gasteiger partial charge is 0.755 e. The number of carbonyl (C=O) groups is 1. The van der Waals surface area contributed by atoms with Crippen LogP contribution >= 0.6 is 22.9 Å². The van der Waals surface area contributed by atoms with Crippen LogP contribution in [0.25, 0.3) is 10.1 Å². The van der Waals surface area contributed by atoms with Crippen LogP contribution in [0.5, 0.6) is 0 Å². The van der Waals surface area contributed by atoms with Gasteiger partial charge in [0.1, 0.15) is 10.7 Å². The van der Waals surface area contributed by atoms with Gasteiger partial charge in [0.2, 0.25) is 0 Å². The van der Waals surface area contributed by atoms with Crippen molar-refractivity contribution in [3.05, 3.63) is 62.7 Å². The van der Waals surface area contributed by atoms with Crippen LogP contribution in [-0.4, -0.2) is 24.8 Å². The highest BCUT2D eigenvalue weighted by molar-refractivity contribution is 7.81. The number of halogens is 1. The number of thiophene rings is 1. The first kappa shape index (κ1) is 19.2. The van der Waals surface area contributed by atoms with Crippen LogP contribution in [0.3, 0.4) is 0 Å². The number of hydrogen-bond donors (Lipinski definition) is 1. The Bertz CT molecular complexity index is 1110. The van der Waals surface area contributed by atoms with Gasteiger partial charge in [-0.2, -0.15) is 0 Å². The molecule has 0 aliphatic rings. The van der Waals surface area contributed by atoms with Crippen molar-refractivity contribution in [1.29, 1.82) is 0 Å². The number of aromatic carboxylic acids is 1. The van der Waals surface area contributed by atoms with Gasteiger partial charge in [-0.15, -0.1) is 11.3 Å². The first-order valence-corrected chi connectivity index (χ1v) is 9.53. The van der Waals surface area contributed by atoms with Crippen molar-refractivity contribution in [3.8, 4) is 0 Å². The van der Waals surface area contributed by atoms with E-state index in [0.29, 0.717) is 10.6 Å². The SMILES string of the molecule is Cc1c(N(c2ccc(C(=O)O)cc2[N+](=O)[O-])S(=O)[O-])sc2ccc(Cl)cc12. The monoisotopic (exact) mass is 425 g/mol. The average Bonchev–Trinajstić information content (AvgIpc) is 2.91. The number of hydrogen-bond acceptors (Lipinski definition) is 6. The number of fused-ring (bicyclic) bond motifs is 1. The second kappa shape index (κ2) is 7.24. The maximum atomic E-state index is 12.0. The van der Waals surface area contributed by atoms with Crippen molar-refractivity contribution in [2.24, 2.45) is 0 Å². The maximum absolute atomic E-state index is 12.0. The molecule has 0 amide bonds. The first-order valence-electron chi connectivity index (χ1n) is 7.30. The molecule has 0 saturated heterocycles. The summed E-state index contributed by atoms with van der Waals surface area (Å²) >= 11 is 4.24. The Morgan fingerprint density at radius 3 is 2.59 bits per heavy atom. The Kier molecular flexibility index (Phi) is 5.16. The lowest BCUT2D eigenvalue weighted by atomic mass is 10.1. The fourth-order valence-corrected chi connectivity index (χ4v) is 4.77. The molecule has 3 aromatic rings. The molecule has 27 heavy (non-hydrogen) atoms. The summed E-state index contributed by atoms with van der Waals surface area (Å²) in [6, 6.07) is 8.12. The lowest BCUT2D eigenvalue weighted by molar-refractivity contribution is -0.384. The highest BCUT2D eigenvalue weighted by Gasteiger charge is 2.26. The van der Waals surface area contributed by atoms with E-state index >= 15 is 0 Å². The summed E-state index contributed by atoms with van der Waals surface area (Å²) in [6.45, 7) is 1.68. The molecule has 0 bridgehead atoms. The summed E-state index contributed by atoms with van der Waals surface area (Å²) < 4.78 is 25.5. The van der Waals surface area contributed by atoms with Crippen molar-refractivity contribution in [1.82, 2.24) is 0 Å². The number of rotatable bonds is 5. The van der Waals surface area contributed by atoms with E-state index in [4.69, 9.17) is 16.7 Å². The second-order valence-electron chi connectivity index (χ2n) is 5.45. The molecule has 0 aliphatic heterocycles. The Morgan fingerprint density at radius 1 is 1.30 bits per heavy atom. The second-order valence-corrected chi connectivity index (χ2v) is 7.72. The van der Waals surface area contributed by atoms with Crippen LogP contribution < -0.4 is 4.31 Å². The van der Waals surface area contributed by atoms with Crippen LogP contribution in [0.2, 0.25) is 5.02 Å². The predicted octanol–water partition coefficient (Wildman–Crippen LogP) is 4.40. The smallest absolute Gasteiger partial charge is 0.335 e. The fraction of sp³-hybridized carbons (Fsp3) is 0.0625. The number of nitrogens with zero attached hydrogens (tertiary/aromatic N) is 2. The minimum Gasteiger partial charge on any atom is -0.755 e. The molecule has 1 unspecified atom stereocenters. The van der Waals surface area contributed by atoms with Gasteiger partial charge in [0.15, 0.2) is 0 Å². The number of carboxylic acid groups (broad SMARTS) is 1. The topological polar surface area (TPSA) is 124 Å². The van der Waals surface area contributed by atoms with Crippen molar-refractivity contribution >= 4 is 66.6 Å². The number of benzene rings is 2. The summed E-state index contributed by atoms with van der Waals surface area (Å²) in [4.78, 5) is 21.7. The zero-order chi connectivity index (χ0) is 19.9. The molecular weight excluding hydrogens is 416 g/mol. The van der Waals surface area contributed by atoms with E-state index in [1.165, 1.54) is 0 Å². The number of nitro benzene ring substituents is 1. The van der Waals surface area contributed by atoms with Gasteiger partial charge in [0.25, 0.3) is 5.69 Å². The van der Waals surface area contributed by atoms with E-state index in [1.807, 2.05) is 0 Å². The third kappa shape index (κ3) is 3.52. The van der Waals surface area contributed by atoms with Gasteiger partial charge in [-0.05, 0) is 48.2 Å². The van der Waals surface area contributed by atoms with E-state index in [-0.39, 0.29) is 16.3 Å². The maximum Gasteiger partial charge on any atom is 0.335 e. The summed E-state index contributed by atoms with van der Waals surface area (Å²) in [5, 5.41) is 21.9. The summed E-state index contributed by atoms with van der Waals surface area (Å²) in [5.74, 6) is -1.35. The number of aryl methyl sites for hydroxylation is 1. The summed E-state index contributed by atoms with van der Waals surface area (Å²) in [7, 11) is 0. The molecule has 1 heterocycles. The number of carboxylic acids is 1. The molecule has 0 spiro atoms. The summed E-state index contributed by atoms with van der Waals surface area (Å²) in [5.41, 5.74) is -0.617. The van der Waals surface area contributed by atoms with Gasteiger partial charge < -0.3 is 9.66 Å². The Morgan fingerprint density at radius 2 is 2.00 bits per heavy atom. The Hall–Kier alpha value is -2.53. The molecule has 0 saturated carbocycles. The van der Waals surface area contributed by atoms with Gasteiger partial charge in [-0.3, -0.25) is 18.6 Å². The molecule has 0 fully saturated rings. The van der Waals surface area contributed by atoms with Crippen molar-refractivity contribution < 1.29 is 23.6 Å². The van der Waals surface area contributed by atoms with Gasteiger partial charge in [0.05, 0.1) is 21.8 Å². The molecule has 0 radical (unpaired) electrons. The molecular formula is C16H10ClN2O6S2-. The minimum absolute atomic E-state index is 0.251. The fourth-order valence-electron chi connectivity index (χ4n) is 2.61. The molecule has 0 aliphatic carbocycles. The van der Waals surface area contributed by atoms with Crippen molar-refractivity contribution in [3.63, 3.8) is 0 Å².